The molecule has 27 heavy (non-hydrogen) atoms. The topological polar surface area (TPSA) is 61.8 Å². The predicted octanol–water partition coefficient (Wildman–Crippen LogP) is 4.70. The molecule has 144 valence electrons. The van der Waals surface area contributed by atoms with Gasteiger partial charge >= 0.3 is 11.9 Å². The number of para-hydroxylation sites is 1. The molecule has 0 N–H and O–H groups in total. The normalized spacial score (nSPS) is 11.0. The maximum Gasteiger partial charge on any atom is 0.337 e. The third kappa shape index (κ3) is 6.71. The Morgan fingerprint density at radius 1 is 1.07 bits per heavy atom. The van der Waals surface area contributed by atoms with Crippen LogP contribution >= 0.6 is 15.9 Å². The Labute approximate surface area is 167 Å². The highest BCUT2D eigenvalue weighted by Crippen LogP contribution is 2.23. The molecule has 0 aromatic heterocycles. The Morgan fingerprint density at radius 2 is 1.78 bits per heavy atom. The molecule has 0 radical (unpaired) electrons. The van der Waals surface area contributed by atoms with Gasteiger partial charge in [0.1, 0.15) is 18.0 Å². The van der Waals surface area contributed by atoms with E-state index in [0.717, 1.165) is 15.6 Å². The first-order chi connectivity index (χ1) is 12.7. The van der Waals surface area contributed by atoms with Crippen molar-refractivity contribution in [3.8, 4) is 5.75 Å². The van der Waals surface area contributed by atoms with Crippen molar-refractivity contribution in [2.45, 2.75) is 39.4 Å². The zero-order chi connectivity index (χ0) is 20.0. The van der Waals surface area contributed by atoms with E-state index in [9.17, 15) is 9.59 Å². The lowest BCUT2D eigenvalue weighted by molar-refractivity contribution is -0.153. The highest BCUT2D eigenvalue weighted by molar-refractivity contribution is 9.10. The zero-order valence-corrected chi connectivity index (χ0v) is 17.5. The van der Waals surface area contributed by atoms with Gasteiger partial charge in [0, 0.05) is 10.0 Å². The minimum atomic E-state index is -0.534. The second kappa shape index (κ2) is 9.04. The van der Waals surface area contributed by atoms with Crippen LogP contribution in [0.2, 0.25) is 0 Å². The molecule has 2 aromatic rings. The van der Waals surface area contributed by atoms with Gasteiger partial charge < -0.3 is 14.2 Å². The molecule has 5 nitrogen and oxygen atoms in total. The summed E-state index contributed by atoms with van der Waals surface area (Å²) in [5.74, 6) is -0.125. The summed E-state index contributed by atoms with van der Waals surface area (Å²) in [7, 11) is 1.34. The highest BCUT2D eigenvalue weighted by atomic mass is 79.9. The van der Waals surface area contributed by atoms with Crippen molar-refractivity contribution >= 4 is 27.9 Å². The Balaban J connectivity index is 2.12. The third-order valence-corrected chi connectivity index (χ3v) is 3.96. The van der Waals surface area contributed by atoms with Crippen molar-refractivity contribution in [2.75, 3.05) is 7.11 Å². The van der Waals surface area contributed by atoms with Crippen LogP contribution in [0.4, 0.5) is 0 Å². The second-order valence-corrected chi connectivity index (χ2v) is 7.92. The van der Waals surface area contributed by atoms with Crippen molar-refractivity contribution in [1.82, 2.24) is 0 Å². The quantitative estimate of drug-likeness (QED) is 0.616. The zero-order valence-electron chi connectivity index (χ0n) is 15.9. The number of halogens is 1. The number of rotatable bonds is 6. The highest BCUT2D eigenvalue weighted by Gasteiger charge is 2.18. The van der Waals surface area contributed by atoms with E-state index in [2.05, 4.69) is 15.9 Å². The van der Waals surface area contributed by atoms with E-state index in [4.69, 9.17) is 14.2 Å². The van der Waals surface area contributed by atoms with E-state index in [0.29, 0.717) is 11.3 Å². The van der Waals surface area contributed by atoms with Gasteiger partial charge in [0.15, 0.2) is 0 Å². The van der Waals surface area contributed by atoms with E-state index in [-0.39, 0.29) is 19.0 Å². The molecule has 2 aromatic carbocycles. The van der Waals surface area contributed by atoms with Crippen molar-refractivity contribution in [2.24, 2.45) is 0 Å². The van der Waals surface area contributed by atoms with Crippen LogP contribution in [0, 0.1) is 0 Å². The van der Waals surface area contributed by atoms with Gasteiger partial charge in [-0.2, -0.15) is 0 Å². The van der Waals surface area contributed by atoms with Crippen molar-refractivity contribution in [3.05, 3.63) is 63.6 Å². The molecule has 0 unspecified atom stereocenters. The summed E-state index contributed by atoms with van der Waals surface area (Å²) in [4.78, 5) is 23.9. The average molecular weight is 435 g/mol. The SMILES string of the molecule is COC(=O)c1cc(Br)cc(COc2ccccc2CC(=O)OC(C)(C)C)c1. The number of carbonyl (C=O) groups excluding carboxylic acids is 2. The molecule has 0 bridgehead atoms. The van der Waals surface area contributed by atoms with Crippen LogP contribution in [0.15, 0.2) is 46.9 Å². The van der Waals surface area contributed by atoms with Gasteiger partial charge in [0.05, 0.1) is 19.1 Å². The van der Waals surface area contributed by atoms with Crippen LogP contribution in [0.5, 0.6) is 5.75 Å². The smallest absolute Gasteiger partial charge is 0.337 e. The lowest BCUT2D eigenvalue weighted by Crippen LogP contribution is -2.25. The lowest BCUT2D eigenvalue weighted by atomic mass is 10.1. The summed E-state index contributed by atoms with van der Waals surface area (Å²) >= 11 is 3.39. The molecule has 0 saturated heterocycles. The van der Waals surface area contributed by atoms with Crippen molar-refractivity contribution in [1.29, 1.82) is 0 Å². The average Bonchev–Trinajstić information content (AvgIpc) is 2.58. The van der Waals surface area contributed by atoms with Gasteiger partial charge in [-0.1, -0.05) is 34.1 Å². The molecule has 2 rings (SSSR count). The van der Waals surface area contributed by atoms with Crippen LogP contribution in [-0.4, -0.2) is 24.6 Å². The van der Waals surface area contributed by atoms with E-state index in [1.807, 2.05) is 45.0 Å². The van der Waals surface area contributed by atoms with Crippen molar-refractivity contribution in [3.63, 3.8) is 0 Å². The molecule has 0 fully saturated rings. The van der Waals surface area contributed by atoms with Crippen LogP contribution in [0.25, 0.3) is 0 Å². The number of hydrogen-bond donors (Lipinski definition) is 0. The number of benzene rings is 2. The second-order valence-electron chi connectivity index (χ2n) is 7.00. The Morgan fingerprint density at radius 3 is 2.44 bits per heavy atom. The monoisotopic (exact) mass is 434 g/mol. The molecule has 0 aliphatic heterocycles. The van der Waals surface area contributed by atoms with E-state index in [1.165, 1.54) is 7.11 Å². The van der Waals surface area contributed by atoms with Crippen LogP contribution in [-0.2, 0) is 27.3 Å². The summed E-state index contributed by atoms with van der Waals surface area (Å²) in [6, 6.07) is 12.6. The standard InChI is InChI=1S/C21H23BrO5/c1-21(2,3)27-19(23)12-15-7-5-6-8-18(15)26-13-14-9-16(20(24)25-4)11-17(22)10-14/h5-11H,12-13H2,1-4H3. The molecule has 0 saturated carbocycles. The maximum absolute atomic E-state index is 12.1. The summed E-state index contributed by atoms with van der Waals surface area (Å²) in [6.07, 6.45) is 0.124. The minimum Gasteiger partial charge on any atom is -0.489 e. The van der Waals surface area contributed by atoms with Gasteiger partial charge in [-0.3, -0.25) is 4.79 Å². The summed E-state index contributed by atoms with van der Waals surface area (Å²) in [6.45, 7) is 5.74. The molecular formula is C21H23BrO5. The van der Waals surface area contributed by atoms with Gasteiger partial charge in [-0.15, -0.1) is 0 Å². The first-order valence-electron chi connectivity index (χ1n) is 8.48. The molecular weight excluding hydrogens is 412 g/mol. The van der Waals surface area contributed by atoms with Gasteiger partial charge in [-0.25, -0.2) is 4.79 Å². The van der Waals surface area contributed by atoms with Gasteiger partial charge in [0.25, 0.3) is 0 Å². The third-order valence-electron chi connectivity index (χ3n) is 3.50. The first-order valence-corrected chi connectivity index (χ1v) is 9.27. The molecule has 0 heterocycles. The van der Waals surface area contributed by atoms with Gasteiger partial charge in [0.2, 0.25) is 0 Å². The first kappa shape index (κ1) is 21.0. The van der Waals surface area contributed by atoms with E-state index >= 15 is 0 Å². The Kier molecular flexibility index (Phi) is 7.02. The summed E-state index contributed by atoms with van der Waals surface area (Å²) in [5, 5.41) is 0. The predicted molar refractivity (Wildman–Crippen MR) is 106 cm³/mol. The molecule has 0 aliphatic rings. The largest absolute Gasteiger partial charge is 0.489 e. The summed E-state index contributed by atoms with van der Waals surface area (Å²) in [5.41, 5.74) is 1.45. The fourth-order valence-corrected chi connectivity index (χ4v) is 2.99. The minimum absolute atomic E-state index is 0.124. The van der Waals surface area contributed by atoms with Gasteiger partial charge in [-0.05, 0) is 50.6 Å². The van der Waals surface area contributed by atoms with Crippen LogP contribution in [0.1, 0.15) is 42.3 Å². The van der Waals surface area contributed by atoms with E-state index < -0.39 is 11.6 Å². The molecule has 6 heteroatoms. The Bertz CT molecular complexity index is 824. The maximum atomic E-state index is 12.1. The van der Waals surface area contributed by atoms with Crippen LogP contribution < -0.4 is 4.74 Å². The number of methoxy groups -OCH3 is 1. The fourth-order valence-electron chi connectivity index (χ4n) is 2.45. The van der Waals surface area contributed by atoms with Crippen molar-refractivity contribution < 1.29 is 23.8 Å². The number of hydrogen-bond acceptors (Lipinski definition) is 5. The number of esters is 2. The Hall–Kier alpha value is -2.34. The number of ether oxygens (including phenoxy) is 3. The lowest BCUT2D eigenvalue weighted by Gasteiger charge is -2.20. The molecule has 0 aliphatic carbocycles. The molecule has 0 amide bonds. The summed E-state index contributed by atoms with van der Waals surface area (Å²) < 4.78 is 16.8. The fraction of sp³-hybridized carbons (Fsp3) is 0.333. The molecule has 0 spiro atoms. The molecule has 0 atom stereocenters. The van der Waals surface area contributed by atoms with E-state index in [1.54, 1.807) is 18.2 Å². The van der Waals surface area contributed by atoms with Crippen LogP contribution in [0.3, 0.4) is 0 Å². The number of carbonyl (C=O) groups is 2.